The van der Waals surface area contributed by atoms with Crippen LogP contribution in [0.5, 0.6) is 5.75 Å². The summed E-state index contributed by atoms with van der Waals surface area (Å²) in [6.07, 6.45) is 4.64. The van der Waals surface area contributed by atoms with Crippen molar-refractivity contribution in [1.82, 2.24) is 9.47 Å². The molecule has 3 aliphatic rings. The second kappa shape index (κ2) is 20.1. The molecule has 3 aromatic rings. The number of hydrogen-bond donors (Lipinski definition) is 2. The number of aromatic nitrogens is 1. The van der Waals surface area contributed by atoms with Crippen molar-refractivity contribution in [2.75, 3.05) is 64.9 Å². The van der Waals surface area contributed by atoms with Gasteiger partial charge >= 0.3 is 12.1 Å². The standard InChI is InChI=1S/C39H51FN4O11P2.C2H6/c1-39(2,3)55-38(48)43-16-8-9-24-19-42(21-30(24)43)34-29(40)18-27-33(36(34)50-4)44(26-14-15-26)20-28(35(27)46)37(47)54-22-31(45)41-25-12-10-23(11-13-25)17-32(56(49)51-5)57(52-6)53-7;1-2/h10-13,18,20,24,26,30,32,49H,8-9,14-17,19,21-22H2,1-7H3,(H,41,45);1-2H3. The number of ether oxygens (including phenoxy) is 3. The summed E-state index contributed by atoms with van der Waals surface area (Å²) < 4.78 is 50.9. The molecule has 6 rings (SSSR count). The van der Waals surface area contributed by atoms with Crippen molar-refractivity contribution in [2.45, 2.75) is 89.8 Å². The monoisotopic (exact) mass is 862 g/mol. The molecule has 324 valence electrons. The van der Waals surface area contributed by atoms with Gasteiger partial charge in [0.05, 0.1) is 24.1 Å². The summed E-state index contributed by atoms with van der Waals surface area (Å²) in [6.45, 7) is 10.2. The molecule has 2 amide bonds. The molecule has 18 heteroatoms. The fourth-order valence-electron chi connectivity index (χ4n) is 7.64. The zero-order chi connectivity index (χ0) is 43.2. The molecule has 2 N–H and O–H groups in total. The predicted octanol–water partition coefficient (Wildman–Crippen LogP) is 7.57. The number of rotatable bonds is 14. The van der Waals surface area contributed by atoms with Crippen molar-refractivity contribution in [3.05, 3.63) is 63.7 Å². The number of amides is 2. The summed E-state index contributed by atoms with van der Waals surface area (Å²) in [7, 11) is 2.65. The number of esters is 1. The number of carbonyl (C=O) groups excluding carboxylic acids is 3. The van der Waals surface area contributed by atoms with Gasteiger partial charge in [-0.1, -0.05) is 26.0 Å². The van der Waals surface area contributed by atoms with E-state index in [0.717, 1.165) is 37.3 Å². The first-order chi connectivity index (χ1) is 28.2. The van der Waals surface area contributed by atoms with E-state index in [0.29, 0.717) is 37.3 Å². The van der Waals surface area contributed by atoms with Crippen molar-refractivity contribution < 1.29 is 51.4 Å². The van der Waals surface area contributed by atoms with Crippen molar-refractivity contribution in [1.29, 1.82) is 0 Å². The van der Waals surface area contributed by atoms with E-state index in [1.807, 2.05) is 39.5 Å². The fraction of sp³-hybridized carbons (Fsp3) is 0.561. The topological polar surface area (TPSA) is 167 Å². The third-order valence-electron chi connectivity index (χ3n) is 10.3. The Kier molecular flexibility index (Phi) is 15.7. The molecule has 1 aromatic heterocycles. The predicted molar refractivity (Wildman–Crippen MR) is 226 cm³/mol. The van der Waals surface area contributed by atoms with Crippen LogP contribution in [0.2, 0.25) is 0 Å². The number of piperidine rings is 1. The summed E-state index contributed by atoms with van der Waals surface area (Å²) in [5.41, 5.74) is 0.103. The minimum atomic E-state index is -1.81. The lowest BCUT2D eigenvalue weighted by Crippen LogP contribution is -2.50. The first-order valence-corrected chi connectivity index (χ1v) is 22.4. The van der Waals surface area contributed by atoms with Crippen LogP contribution >= 0.6 is 16.8 Å². The Morgan fingerprint density at radius 3 is 2.27 bits per heavy atom. The van der Waals surface area contributed by atoms with Crippen molar-refractivity contribution >= 4 is 57.0 Å². The molecule has 4 atom stereocenters. The van der Waals surface area contributed by atoms with E-state index < -0.39 is 63.6 Å². The van der Waals surface area contributed by atoms with Crippen LogP contribution in [-0.2, 0) is 34.3 Å². The first kappa shape index (κ1) is 46.2. The average Bonchev–Trinajstić information content (AvgIpc) is 3.97. The van der Waals surface area contributed by atoms with Crippen LogP contribution in [0.4, 0.5) is 20.6 Å². The molecule has 3 heterocycles. The van der Waals surface area contributed by atoms with Gasteiger partial charge in [0.15, 0.2) is 34.9 Å². The van der Waals surface area contributed by atoms with Gasteiger partial charge in [-0.05, 0) is 82.6 Å². The largest absolute Gasteiger partial charge is 0.492 e. The highest BCUT2D eigenvalue weighted by molar-refractivity contribution is 7.66. The van der Waals surface area contributed by atoms with Crippen LogP contribution < -0.4 is 20.4 Å². The number of benzene rings is 2. The Labute approximate surface area is 347 Å². The molecule has 0 radical (unpaired) electrons. The minimum Gasteiger partial charge on any atom is -0.492 e. The van der Waals surface area contributed by atoms with Crippen molar-refractivity contribution in [3.8, 4) is 5.75 Å². The van der Waals surface area contributed by atoms with Gasteiger partial charge in [-0.3, -0.25) is 9.59 Å². The summed E-state index contributed by atoms with van der Waals surface area (Å²) in [5.74, 6) is -2.08. The second-order valence-corrected chi connectivity index (χ2v) is 19.3. The lowest BCUT2D eigenvalue weighted by atomic mass is 9.92. The molecule has 1 aliphatic carbocycles. The highest BCUT2D eigenvalue weighted by Crippen LogP contribution is 2.58. The molecule has 3 fully saturated rings. The number of nitrogens with one attached hydrogen (secondary N) is 1. The third-order valence-corrected chi connectivity index (χ3v) is 13.9. The molecule has 2 saturated heterocycles. The van der Waals surface area contributed by atoms with Gasteiger partial charge in [0.1, 0.15) is 22.3 Å². The molecule has 0 bridgehead atoms. The Balaban J connectivity index is 0.00000326. The molecule has 59 heavy (non-hydrogen) atoms. The molecule has 1 saturated carbocycles. The molecule has 0 spiro atoms. The van der Waals surface area contributed by atoms with E-state index in [1.165, 1.54) is 34.6 Å². The van der Waals surface area contributed by atoms with E-state index >= 15 is 4.39 Å². The highest BCUT2D eigenvalue weighted by Gasteiger charge is 2.44. The number of hydrogen-bond acceptors (Lipinski definition) is 12. The van der Waals surface area contributed by atoms with Gasteiger partial charge in [0, 0.05) is 58.9 Å². The lowest BCUT2D eigenvalue weighted by molar-refractivity contribution is -0.119. The van der Waals surface area contributed by atoms with Gasteiger partial charge in [-0.2, -0.15) is 0 Å². The van der Waals surface area contributed by atoms with E-state index in [1.54, 1.807) is 33.7 Å². The van der Waals surface area contributed by atoms with Crippen LogP contribution in [0.3, 0.4) is 0 Å². The van der Waals surface area contributed by atoms with Gasteiger partial charge in [-0.15, -0.1) is 0 Å². The normalized spacial score (nSPS) is 18.8. The zero-order valence-corrected chi connectivity index (χ0v) is 37.1. The zero-order valence-electron chi connectivity index (χ0n) is 35.3. The minimum absolute atomic E-state index is 0.0453. The quantitative estimate of drug-likeness (QED) is 0.121. The summed E-state index contributed by atoms with van der Waals surface area (Å²) in [5, 5.41) is 2.22. The number of methoxy groups -OCH3 is 1. The molecule has 2 aliphatic heterocycles. The van der Waals surface area contributed by atoms with Crippen molar-refractivity contribution in [2.24, 2.45) is 5.92 Å². The van der Waals surface area contributed by atoms with Gasteiger partial charge < -0.3 is 52.4 Å². The van der Waals surface area contributed by atoms with Crippen molar-refractivity contribution in [3.63, 3.8) is 0 Å². The van der Waals surface area contributed by atoms with Gasteiger partial charge in [0.25, 0.3) is 5.91 Å². The van der Waals surface area contributed by atoms with Gasteiger partial charge in [0.2, 0.25) is 5.43 Å². The van der Waals surface area contributed by atoms with Crippen LogP contribution in [0.25, 0.3) is 10.9 Å². The molecular formula is C41H57FN4O11P2. The average molecular weight is 863 g/mol. The maximum absolute atomic E-state index is 16.3. The number of anilines is 2. The Bertz CT molecular complexity index is 2020. The maximum Gasteiger partial charge on any atom is 0.410 e. The Morgan fingerprint density at radius 1 is 1.00 bits per heavy atom. The molecular weight excluding hydrogens is 805 g/mol. The second-order valence-electron chi connectivity index (χ2n) is 15.3. The third kappa shape index (κ3) is 10.7. The molecule has 15 nitrogen and oxygen atoms in total. The van der Waals surface area contributed by atoms with E-state index in [2.05, 4.69) is 5.32 Å². The number of halogens is 1. The fourth-order valence-corrected chi connectivity index (χ4v) is 10.7. The molecule has 2 aromatic carbocycles. The number of carbonyl (C=O) groups is 3. The number of fused-ring (bicyclic) bond motifs is 2. The van der Waals surface area contributed by atoms with E-state index in [4.69, 9.17) is 27.8 Å². The smallest absolute Gasteiger partial charge is 0.410 e. The van der Waals surface area contributed by atoms with Gasteiger partial charge in [-0.25, -0.2) is 14.0 Å². The summed E-state index contributed by atoms with van der Waals surface area (Å²) in [4.78, 5) is 67.3. The highest BCUT2D eigenvalue weighted by atomic mass is 31.2. The lowest BCUT2D eigenvalue weighted by Gasteiger charge is -2.37. The number of pyridine rings is 1. The van der Waals surface area contributed by atoms with Crippen LogP contribution in [0, 0.1) is 11.7 Å². The Hall–Kier alpha value is -3.91. The molecule has 4 unspecified atom stereocenters. The van der Waals surface area contributed by atoms with Crippen LogP contribution in [0.15, 0.2) is 41.3 Å². The summed E-state index contributed by atoms with van der Waals surface area (Å²) in [6, 6.07) is 7.77. The van der Waals surface area contributed by atoms with Crippen LogP contribution in [-0.4, -0.2) is 104 Å². The summed E-state index contributed by atoms with van der Waals surface area (Å²) >= 11 is 0. The first-order valence-electron chi connectivity index (χ1n) is 19.8. The number of likely N-dealkylation sites (tertiary alicyclic amines) is 1. The van der Waals surface area contributed by atoms with E-state index in [-0.39, 0.29) is 40.4 Å². The maximum atomic E-state index is 16.3. The van der Waals surface area contributed by atoms with E-state index in [9.17, 15) is 24.1 Å². The number of nitrogens with zero attached hydrogens (tertiary/aromatic N) is 3. The SMILES string of the molecule is CC.COc1c(N2CC3CCCN(C(=O)OC(C)(C)C)C3C2)c(F)cc2c(=O)c(C(=O)OCC(=O)Nc3ccc(CC(P(O)OC)P(OC)OC)cc3)cn(C3CC3)c12. The van der Waals surface area contributed by atoms with Crippen LogP contribution in [0.1, 0.15) is 82.3 Å². The Morgan fingerprint density at radius 2 is 1.68 bits per heavy atom.